The van der Waals surface area contributed by atoms with Crippen molar-refractivity contribution in [2.24, 2.45) is 5.92 Å². The summed E-state index contributed by atoms with van der Waals surface area (Å²) in [5, 5.41) is 1.59. The number of hydroxylamine groups is 2. The first kappa shape index (κ1) is 13.1. The molecule has 2 atom stereocenters. The van der Waals surface area contributed by atoms with E-state index in [4.69, 9.17) is 4.84 Å². The molecule has 18 heavy (non-hydrogen) atoms. The van der Waals surface area contributed by atoms with E-state index in [0.717, 1.165) is 24.8 Å². The molecule has 1 saturated heterocycles. The van der Waals surface area contributed by atoms with E-state index in [1.165, 1.54) is 0 Å². The van der Waals surface area contributed by atoms with E-state index in [2.05, 4.69) is 6.92 Å². The van der Waals surface area contributed by atoms with Gasteiger partial charge in [-0.15, -0.1) is 0 Å². The SMILES string of the molecule is C[C@@H]1CCC[C@@H](C)N(OCc2ccccc2)C1=O. The van der Waals surface area contributed by atoms with Crippen LogP contribution in [0, 0.1) is 5.92 Å². The minimum atomic E-state index is 0.0747. The van der Waals surface area contributed by atoms with Gasteiger partial charge >= 0.3 is 0 Å². The van der Waals surface area contributed by atoms with Gasteiger partial charge in [-0.2, -0.15) is 0 Å². The molecule has 1 amide bonds. The number of benzene rings is 1. The first-order chi connectivity index (χ1) is 8.68. The molecule has 0 N–H and O–H groups in total. The van der Waals surface area contributed by atoms with Crippen LogP contribution in [0.15, 0.2) is 30.3 Å². The fraction of sp³-hybridized carbons (Fsp3) is 0.533. The van der Waals surface area contributed by atoms with Gasteiger partial charge in [-0.3, -0.25) is 9.63 Å². The summed E-state index contributed by atoms with van der Waals surface area (Å²) in [6.45, 7) is 4.50. The van der Waals surface area contributed by atoms with Gasteiger partial charge in [0.1, 0.15) is 6.61 Å². The third-order valence-electron chi connectivity index (χ3n) is 3.51. The van der Waals surface area contributed by atoms with Crippen molar-refractivity contribution >= 4 is 5.91 Å². The second-order valence-electron chi connectivity index (χ2n) is 5.10. The molecule has 1 fully saturated rings. The van der Waals surface area contributed by atoms with E-state index in [1.807, 2.05) is 37.3 Å². The molecular weight excluding hydrogens is 226 g/mol. The molecule has 0 unspecified atom stereocenters. The third-order valence-corrected chi connectivity index (χ3v) is 3.51. The maximum atomic E-state index is 12.2. The first-order valence-electron chi connectivity index (χ1n) is 6.68. The summed E-state index contributed by atoms with van der Waals surface area (Å²) in [7, 11) is 0. The van der Waals surface area contributed by atoms with Gasteiger partial charge in [0.2, 0.25) is 5.91 Å². The average molecular weight is 247 g/mol. The smallest absolute Gasteiger partial charge is 0.249 e. The summed E-state index contributed by atoms with van der Waals surface area (Å²) < 4.78 is 0. The van der Waals surface area contributed by atoms with Crippen LogP contribution < -0.4 is 0 Å². The molecule has 3 heteroatoms. The van der Waals surface area contributed by atoms with Crippen molar-refractivity contribution < 1.29 is 9.63 Å². The summed E-state index contributed by atoms with van der Waals surface area (Å²) in [6.07, 6.45) is 3.08. The lowest BCUT2D eigenvalue weighted by molar-refractivity contribution is -0.206. The number of nitrogens with zero attached hydrogens (tertiary/aromatic N) is 1. The molecule has 3 nitrogen and oxygen atoms in total. The van der Waals surface area contributed by atoms with E-state index in [1.54, 1.807) is 5.06 Å². The minimum absolute atomic E-state index is 0.0747. The van der Waals surface area contributed by atoms with Crippen molar-refractivity contribution in [3.8, 4) is 0 Å². The first-order valence-corrected chi connectivity index (χ1v) is 6.68. The highest BCUT2D eigenvalue weighted by molar-refractivity contribution is 5.78. The largest absolute Gasteiger partial charge is 0.272 e. The molecule has 0 aromatic heterocycles. The van der Waals surface area contributed by atoms with E-state index in [0.29, 0.717) is 6.61 Å². The molecule has 0 spiro atoms. The quantitative estimate of drug-likeness (QED) is 0.821. The lowest BCUT2D eigenvalue weighted by Gasteiger charge is -2.27. The highest BCUT2D eigenvalue weighted by Crippen LogP contribution is 2.22. The summed E-state index contributed by atoms with van der Waals surface area (Å²) in [6, 6.07) is 10.1. The Kier molecular flexibility index (Phi) is 4.37. The Hall–Kier alpha value is -1.35. The average Bonchev–Trinajstić information content (AvgIpc) is 2.50. The Morgan fingerprint density at radius 1 is 1.22 bits per heavy atom. The van der Waals surface area contributed by atoms with Gasteiger partial charge in [-0.25, -0.2) is 5.06 Å². The van der Waals surface area contributed by atoms with Gasteiger partial charge in [-0.05, 0) is 25.3 Å². The lowest BCUT2D eigenvalue weighted by Crippen LogP contribution is -2.39. The number of carbonyl (C=O) groups excluding carboxylic acids is 1. The van der Waals surface area contributed by atoms with Crippen LogP contribution in [0.1, 0.15) is 38.7 Å². The van der Waals surface area contributed by atoms with E-state index in [-0.39, 0.29) is 17.9 Å². The highest BCUT2D eigenvalue weighted by atomic mass is 16.7. The topological polar surface area (TPSA) is 29.5 Å². The number of carbonyl (C=O) groups is 1. The number of rotatable bonds is 3. The normalized spacial score (nSPS) is 25.0. The lowest BCUT2D eigenvalue weighted by atomic mass is 10.1. The van der Waals surface area contributed by atoms with Crippen molar-refractivity contribution in [3.63, 3.8) is 0 Å². The highest BCUT2D eigenvalue weighted by Gasteiger charge is 2.29. The Labute approximate surface area is 109 Å². The zero-order valence-corrected chi connectivity index (χ0v) is 11.1. The molecule has 1 aliphatic rings. The molecule has 98 valence electrons. The van der Waals surface area contributed by atoms with Crippen LogP contribution in [-0.4, -0.2) is 17.0 Å². The Balaban J connectivity index is 1.99. The Morgan fingerprint density at radius 2 is 1.94 bits per heavy atom. The van der Waals surface area contributed by atoms with Crippen molar-refractivity contribution in [2.75, 3.05) is 0 Å². The summed E-state index contributed by atoms with van der Waals surface area (Å²) in [5.41, 5.74) is 1.09. The molecule has 2 rings (SSSR count). The standard InChI is InChI=1S/C15H21NO2/c1-12-7-6-8-13(2)16(15(12)17)18-11-14-9-4-3-5-10-14/h3-5,9-10,12-13H,6-8,11H2,1-2H3/t12-,13-/m1/s1. The predicted molar refractivity (Wildman–Crippen MR) is 70.6 cm³/mol. The minimum Gasteiger partial charge on any atom is -0.272 e. The van der Waals surface area contributed by atoms with Gasteiger partial charge in [0.25, 0.3) is 0 Å². The van der Waals surface area contributed by atoms with Crippen LogP contribution in [-0.2, 0) is 16.2 Å². The molecule has 0 saturated carbocycles. The summed E-state index contributed by atoms with van der Waals surface area (Å²) >= 11 is 0. The van der Waals surface area contributed by atoms with E-state index < -0.39 is 0 Å². The van der Waals surface area contributed by atoms with Gasteiger partial charge in [-0.1, -0.05) is 43.7 Å². The van der Waals surface area contributed by atoms with Crippen LogP contribution in [0.2, 0.25) is 0 Å². The summed E-state index contributed by atoms with van der Waals surface area (Å²) in [5.74, 6) is 0.196. The molecule has 1 heterocycles. The fourth-order valence-electron chi connectivity index (χ4n) is 2.30. The van der Waals surface area contributed by atoms with Crippen LogP contribution in [0.25, 0.3) is 0 Å². The van der Waals surface area contributed by atoms with Crippen molar-refractivity contribution in [3.05, 3.63) is 35.9 Å². The maximum Gasteiger partial charge on any atom is 0.249 e. The van der Waals surface area contributed by atoms with Gasteiger partial charge in [0.15, 0.2) is 0 Å². The molecule has 1 aromatic rings. The van der Waals surface area contributed by atoms with Crippen LogP contribution in [0.4, 0.5) is 0 Å². The predicted octanol–water partition coefficient (Wildman–Crippen LogP) is 3.16. The van der Waals surface area contributed by atoms with Crippen molar-refractivity contribution in [2.45, 2.75) is 45.8 Å². The molecule has 1 aliphatic heterocycles. The molecule has 0 aliphatic carbocycles. The molecule has 0 bridgehead atoms. The fourth-order valence-corrected chi connectivity index (χ4v) is 2.30. The van der Waals surface area contributed by atoms with Crippen molar-refractivity contribution in [1.29, 1.82) is 0 Å². The second kappa shape index (κ2) is 6.01. The molecule has 0 radical (unpaired) electrons. The van der Waals surface area contributed by atoms with E-state index >= 15 is 0 Å². The number of amides is 1. The van der Waals surface area contributed by atoms with Crippen LogP contribution in [0.3, 0.4) is 0 Å². The van der Waals surface area contributed by atoms with Crippen LogP contribution >= 0.6 is 0 Å². The van der Waals surface area contributed by atoms with E-state index in [9.17, 15) is 4.79 Å². The number of hydrogen-bond acceptors (Lipinski definition) is 2. The molecular formula is C15H21NO2. The number of hydrogen-bond donors (Lipinski definition) is 0. The summed E-state index contributed by atoms with van der Waals surface area (Å²) in [4.78, 5) is 17.9. The van der Waals surface area contributed by atoms with Crippen LogP contribution in [0.5, 0.6) is 0 Å². The van der Waals surface area contributed by atoms with Crippen molar-refractivity contribution in [1.82, 2.24) is 5.06 Å². The Morgan fingerprint density at radius 3 is 2.67 bits per heavy atom. The third kappa shape index (κ3) is 3.10. The van der Waals surface area contributed by atoms with Gasteiger partial charge in [0, 0.05) is 5.92 Å². The maximum absolute atomic E-state index is 12.2. The van der Waals surface area contributed by atoms with Gasteiger partial charge in [0.05, 0.1) is 6.04 Å². The zero-order chi connectivity index (χ0) is 13.0. The van der Waals surface area contributed by atoms with Gasteiger partial charge < -0.3 is 0 Å². The second-order valence-corrected chi connectivity index (χ2v) is 5.10. The molecule has 1 aromatic carbocycles. The monoisotopic (exact) mass is 247 g/mol. The Bertz CT molecular complexity index is 391. The zero-order valence-electron chi connectivity index (χ0n) is 11.1.